The molecule has 0 aromatic carbocycles. The molecule has 6 nitrogen and oxygen atoms in total. The molecule has 134 valence electrons. The number of amides is 1. The third-order valence-corrected chi connectivity index (χ3v) is 4.80. The van der Waals surface area contributed by atoms with Crippen molar-refractivity contribution < 1.29 is 4.79 Å². The van der Waals surface area contributed by atoms with Gasteiger partial charge >= 0.3 is 0 Å². The third kappa shape index (κ3) is 4.19. The van der Waals surface area contributed by atoms with Crippen LogP contribution in [0.3, 0.4) is 0 Å². The Kier molecular flexibility index (Phi) is 5.71. The van der Waals surface area contributed by atoms with Crippen molar-refractivity contribution in [1.29, 1.82) is 0 Å². The van der Waals surface area contributed by atoms with E-state index in [1.165, 1.54) is 0 Å². The summed E-state index contributed by atoms with van der Waals surface area (Å²) in [5, 5.41) is 7.97. The topological polar surface area (TPSA) is 63.1 Å². The van der Waals surface area contributed by atoms with E-state index < -0.39 is 0 Å². The van der Waals surface area contributed by atoms with Crippen molar-refractivity contribution in [3.05, 3.63) is 48.0 Å². The second-order valence-electron chi connectivity index (χ2n) is 6.71. The quantitative estimate of drug-likeness (QED) is 0.888. The highest BCUT2D eigenvalue weighted by Crippen LogP contribution is 2.29. The van der Waals surface area contributed by atoms with Crippen molar-refractivity contribution >= 4 is 18.3 Å². The van der Waals surface area contributed by atoms with Crippen molar-refractivity contribution in [2.75, 3.05) is 13.1 Å². The van der Waals surface area contributed by atoms with Crippen LogP contribution >= 0.6 is 12.4 Å². The Morgan fingerprint density at radius 2 is 2.20 bits per heavy atom. The van der Waals surface area contributed by atoms with Crippen LogP contribution in [0.2, 0.25) is 0 Å². The van der Waals surface area contributed by atoms with Crippen molar-refractivity contribution in [1.82, 2.24) is 25.0 Å². The van der Waals surface area contributed by atoms with Gasteiger partial charge in [0.15, 0.2) is 0 Å². The molecule has 1 unspecified atom stereocenters. The van der Waals surface area contributed by atoms with E-state index in [1.807, 2.05) is 40.2 Å². The minimum atomic E-state index is 0. The van der Waals surface area contributed by atoms with E-state index in [0.717, 1.165) is 44.3 Å². The summed E-state index contributed by atoms with van der Waals surface area (Å²) in [5.74, 6) is 0.0314. The summed E-state index contributed by atoms with van der Waals surface area (Å²) in [7, 11) is 0. The molecule has 2 aliphatic rings. The molecule has 0 bridgehead atoms. The smallest absolute Gasteiger partial charge is 0.274 e. The average Bonchev–Trinajstić information content (AvgIpc) is 3.36. The molecule has 0 spiro atoms. The number of piperidine rings is 1. The molecule has 1 saturated heterocycles. The molecular weight excluding hydrogens is 338 g/mol. The fraction of sp³-hybridized carbons (Fsp3) is 0.500. The first-order chi connectivity index (χ1) is 11.8. The fourth-order valence-corrected chi connectivity index (χ4v) is 3.30. The number of carbonyl (C=O) groups is 1. The van der Waals surface area contributed by atoms with Gasteiger partial charge in [-0.05, 0) is 49.9 Å². The van der Waals surface area contributed by atoms with Crippen LogP contribution < -0.4 is 5.32 Å². The van der Waals surface area contributed by atoms with Crippen LogP contribution in [0, 0.1) is 0 Å². The number of hydrogen-bond acceptors (Lipinski definition) is 4. The highest BCUT2D eigenvalue weighted by molar-refractivity contribution is 5.92. The maximum Gasteiger partial charge on any atom is 0.274 e. The molecule has 25 heavy (non-hydrogen) atoms. The minimum Gasteiger partial charge on any atom is -0.330 e. The number of halogens is 1. The van der Waals surface area contributed by atoms with Gasteiger partial charge in [0.1, 0.15) is 5.69 Å². The molecule has 2 aromatic rings. The van der Waals surface area contributed by atoms with Gasteiger partial charge in [0.2, 0.25) is 0 Å². The lowest BCUT2D eigenvalue weighted by atomic mass is 10.1. The number of hydrogen-bond donors (Lipinski definition) is 1. The lowest BCUT2D eigenvalue weighted by Gasteiger charge is -2.23. The SMILES string of the molecule is Cl.O=C(c1ccn(C2CCCNC2)n1)N(Cc1cccnc1)C1CC1. The van der Waals surface area contributed by atoms with Crippen LogP contribution in [-0.2, 0) is 6.54 Å². The Bertz CT molecular complexity index is 695. The van der Waals surface area contributed by atoms with Crippen molar-refractivity contribution in [3.63, 3.8) is 0 Å². The lowest BCUT2D eigenvalue weighted by molar-refractivity contribution is 0.0722. The molecule has 0 radical (unpaired) electrons. The summed E-state index contributed by atoms with van der Waals surface area (Å²) in [6.45, 7) is 2.61. The van der Waals surface area contributed by atoms with Crippen molar-refractivity contribution in [2.24, 2.45) is 0 Å². The van der Waals surface area contributed by atoms with Crippen LogP contribution in [0.1, 0.15) is 47.8 Å². The third-order valence-electron chi connectivity index (χ3n) is 4.80. The molecule has 1 saturated carbocycles. The Hall–Kier alpha value is -1.92. The fourth-order valence-electron chi connectivity index (χ4n) is 3.30. The molecule has 1 amide bonds. The van der Waals surface area contributed by atoms with Gasteiger partial charge in [-0.3, -0.25) is 14.5 Å². The van der Waals surface area contributed by atoms with Crippen LogP contribution in [0.4, 0.5) is 0 Å². The Labute approximate surface area is 154 Å². The standard InChI is InChI=1S/C18H23N5O.ClH/c24-18(17-7-10-23(21-17)16-4-2-9-20-12-16)22(15-5-6-15)13-14-3-1-8-19-11-14;/h1,3,7-8,10-11,15-16,20H,2,4-6,9,12-13H2;1H. The molecule has 1 atom stereocenters. The van der Waals surface area contributed by atoms with Gasteiger partial charge in [-0.15, -0.1) is 12.4 Å². The van der Waals surface area contributed by atoms with E-state index in [0.29, 0.717) is 24.3 Å². The summed E-state index contributed by atoms with van der Waals surface area (Å²) in [6.07, 6.45) is 9.97. The van der Waals surface area contributed by atoms with E-state index in [9.17, 15) is 4.79 Å². The van der Waals surface area contributed by atoms with Crippen LogP contribution in [0.15, 0.2) is 36.8 Å². The second kappa shape index (κ2) is 7.97. The Balaban J connectivity index is 0.00000182. The first-order valence-electron chi connectivity index (χ1n) is 8.77. The maximum absolute atomic E-state index is 12.9. The number of pyridine rings is 1. The van der Waals surface area contributed by atoms with Crippen molar-refractivity contribution in [2.45, 2.75) is 44.3 Å². The van der Waals surface area contributed by atoms with Gasteiger partial charge in [-0.25, -0.2) is 0 Å². The number of rotatable bonds is 5. The highest BCUT2D eigenvalue weighted by Gasteiger charge is 2.34. The van der Waals surface area contributed by atoms with Gasteiger partial charge in [0.25, 0.3) is 5.91 Å². The van der Waals surface area contributed by atoms with E-state index in [4.69, 9.17) is 0 Å². The summed E-state index contributed by atoms with van der Waals surface area (Å²) < 4.78 is 1.95. The number of carbonyl (C=O) groups excluding carboxylic acids is 1. The van der Waals surface area contributed by atoms with Gasteiger partial charge < -0.3 is 10.2 Å². The number of aromatic nitrogens is 3. The van der Waals surface area contributed by atoms with Gasteiger partial charge in [-0.2, -0.15) is 5.10 Å². The van der Waals surface area contributed by atoms with Crippen LogP contribution in [0.25, 0.3) is 0 Å². The zero-order chi connectivity index (χ0) is 16.4. The zero-order valence-corrected chi connectivity index (χ0v) is 15.0. The maximum atomic E-state index is 12.9. The number of nitrogens with one attached hydrogen (secondary N) is 1. The first kappa shape index (κ1) is 17.9. The van der Waals surface area contributed by atoms with Crippen molar-refractivity contribution in [3.8, 4) is 0 Å². The largest absolute Gasteiger partial charge is 0.330 e. The monoisotopic (exact) mass is 361 g/mol. The molecule has 7 heteroatoms. The summed E-state index contributed by atoms with van der Waals surface area (Å²) >= 11 is 0. The molecule has 2 fully saturated rings. The predicted octanol–water partition coefficient (Wildman–Crippen LogP) is 2.43. The first-order valence-corrected chi connectivity index (χ1v) is 8.77. The Morgan fingerprint density at radius 3 is 2.88 bits per heavy atom. The molecule has 1 aliphatic carbocycles. The van der Waals surface area contributed by atoms with E-state index >= 15 is 0 Å². The predicted molar refractivity (Wildman–Crippen MR) is 97.7 cm³/mol. The molecule has 2 aromatic heterocycles. The molecule has 1 N–H and O–H groups in total. The average molecular weight is 362 g/mol. The van der Waals surface area contributed by atoms with E-state index in [1.54, 1.807) is 6.20 Å². The summed E-state index contributed by atoms with van der Waals surface area (Å²) in [6, 6.07) is 6.49. The van der Waals surface area contributed by atoms with E-state index in [-0.39, 0.29) is 18.3 Å². The molecule has 4 rings (SSSR count). The second-order valence-corrected chi connectivity index (χ2v) is 6.71. The molecule has 1 aliphatic heterocycles. The summed E-state index contributed by atoms with van der Waals surface area (Å²) in [5.41, 5.74) is 1.62. The minimum absolute atomic E-state index is 0. The van der Waals surface area contributed by atoms with Gasteiger partial charge in [0.05, 0.1) is 6.04 Å². The van der Waals surface area contributed by atoms with Crippen LogP contribution in [0.5, 0.6) is 0 Å². The van der Waals surface area contributed by atoms with Gasteiger partial charge in [0, 0.05) is 37.7 Å². The number of nitrogens with zero attached hydrogens (tertiary/aromatic N) is 4. The van der Waals surface area contributed by atoms with Crippen LogP contribution in [-0.4, -0.2) is 44.7 Å². The molecular formula is C18H24ClN5O. The van der Waals surface area contributed by atoms with Gasteiger partial charge in [-0.1, -0.05) is 6.07 Å². The van der Waals surface area contributed by atoms with E-state index in [2.05, 4.69) is 15.4 Å². The zero-order valence-electron chi connectivity index (χ0n) is 14.2. The molecule has 3 heterocycles. The summed E-state index contributed by atoms with van der Waals surface area (Å²) in [4.78, 5) is 19.0. The normalized spacial score (nSPS) is 19.9. The highest BCUT2D eigenvalue weighted by atomic mass is 35.5. The Morgan fingerprint density at radius 1 is 1.32 bits per heavy atom. The lowest BCUT2D eigenvalue weighted by Crippen LogP contribution is -2.34.